The van der Waals surface area contributed by atoms with Gasteiger partial charge in [0.25, 0.3) is 0 Å². The van der Waals surface area contributed by atoms with Gasteiger partial charge in [-0.05, 0) is 11.6 Å². The summed E-state index contributed by atoms with van der Waals surface area (Å²) in [5.74, 6) is 6.16. The van der Waals surface area contributed by atoms with Crippen molar-refractivity contribution in [2.24, 2.45) is 5.84 Å². The van der Waals surface area contributed by atoms with Gasteiger partial charge in [-0.2, -0.15) is 18.3 Å². The van der Waals surface area contributed by atoms with E-state index in [1.54, 1.807) is 6.20 Å². The lowest BCUT2D eigenvalue weighted by Crippen LogP contribution is -2.17. The Balaban J connectivity index is 1.55. The normalized spacial score (nSPS) is 11.7. The SMILES string of the molecule is NNc1ncc(-c2cnn(CC(F)(F)F)c2)nc1NCc1ccc2nccn2c1. The molecule has 0 saturated heterocycles. The first-order valence-electron chi connectivity index (χ1n) is 8.50. The average Bonchev–Trinajstić information content (AvgIpc) is 3.33. The fourth-order valence-corrected chi connectivity index (χ4v) is 2.78. The number of hydrogen-bond acceptors (Lipinski definition) is 7. The predicted molar refractivity (Wildman–Crippen MR) is 99.6 cm³/mol. The van der Waals surface area contributed by atoms with Crippen LogP contribution in [0.1, 0.15) is 5.56 Å². The summed E-state index contributed by atoms with van der Waals surface area (Å²) < 4.78 is 40.3. The molecule has 4 aromatic heterocycles. The molecule has 0 bridgehead atoms. The number of nitrogen functional groups attached to an aromatic ring is 1. The summed E-state index contributed by atoms with van der Waals surface area (Å²) in [4.78, 5) is 12.8. The fourth-order valence-electron chi connectivity index (χ4n) is 2.78. The van der Waals surface area contributed by atoms with E-state index in [0.717, 1.165) is 15.9 Å². The highest BCUT2D eigenvalue weighted by Gasteiger charge is 2.28. The van der Waals surface area contributed by atoms with Crippen LogP contribution in [-0.2, 0) is 13.1 Å². The van der Waals surface area contributed by atoms with Crippen LogP contribution in [0.5, 0.6) is 0 Å². The Bertz CT molecular complexity index is 1130. The van der Waals surface area contributed by atoms with Crippen molar-refractivity contribution in [2.45, 2.75) is 19.3 Å². The molecule has 0 aromatic carbocycles. The summed E-state index contributed by atoms with van der Waals surface area (Å²) in [7, 11) is 0. The molecule has 150 valence electrons. The minimum atomic E-state index is -4.36. The number of alkyl halides is 3. The van der Waals surface area contributed by atoms with E-state index in [2.05, 4.69) is 30.8 Å². The van der Waals surface area contributed by atoms with Gasteiger partial charge in [0, 0.05) is 36.9 Å². The zero-order valence-corrected chi connectivity index (χ0v) is 14.9. The van der Waals surface area contributed by atoms with Gasteiger partial charge in [0.05, 0.1) is 18.1 Å². The zero-order chi connectivity index (χ0) is 20.4. The van der Waals surface area contributed by atoms with Crippen molar-refractivity contribution < 1.29 is 13.2 Å². The molecule has 0 fully saturated rings. The summed E-state index contributed by atoms with van der Waals surface area (Å²) in [6.07, 6.45) is 5.09. The summed E-state index contributed by atoms with van der Waals surface area (Å²) >= 11 is 0. The Labute approximate surface area is 162 Å². The number of hydrazine groups is 1. The highest BCUT2D eigenvalue weighted by atomic mass is 19.4. The maximum atomic E-state index is 12.5. The van der Waals surface area contributed by atoms with Crippen molar-refractivity contribution in [3.05, 3.63) is 54.9 Å². The van der Waals surface area contributed by atoms with E-state index in [0.29, 0.717) is 29.4 Å². The van der Waals surface area contributed by atoms with Crippen molar-refractivity contribution in [1.82, 2.24) is 29.1 Å². The number of hydrogen-bond donors (Lipinski definition) is 3. The number of fused-ring (bicyclic) bond motifs is 1. The van der Waals surface area contributed by atoms with Gasteiger partial charge in [0.15, 0.2) is 11.6 Å². The van der Waals surface area contributed by atoms with Crippen LogP contribution in [0.4, 0.5) is 24.8 Å². The maximum Gasteiger partial charge on any atom is 0.408 e. The molecule has 0 saturated carbocycles. The number of anilines is 2. The minimum absolute atomic E-state index is 0.306. The van der Waals surface area contributed by atoms with Crippen molar-refractivity contribution in [3.8, 4) is 11.3 Å². The van der Waals surface area contributed by atoms with Crippen LogP contribution in [-0.4, -0.2) is 35.3 Å². The molecule has 0 atom stereocenters. The Kier molecular flexibility index (Phi) is 4.76. The number of rotatable bonds is 6. The maximum absolute atomic E-state index is 12.5. The Morgan fingerprint density at radius 3 is 2.72 bits per heavy atom. The van der Waals surface area contributed by atoms with Gasteiger partial charge in [0.2, 0.25) is 0 Å². The van der Waals surface area contributed by atoms with E-state index < -0.39 is 12.7 Å². The van der Waals surface area contributed by atoms with Crippen LogP contribution in [0.3, 0.4) is 0 Å². The largest absolute Gasteiger partial charge is 0.408 e. The molecule has 12 heteroatoms. The van der Waals surface area contributed by atoms with Crippen molar-refractivity contribution in [2.75, 3.05) is 10.7 Å². The molecule has 0 radical (unpaired) electrons. The van der Waals surface area contributed by atoms with Crippen LogP contribution < -0.4 is 16.6 Å². The van der Waals surface area contributed by atoms with E-state index in [1.165, 1.54) is 18.6 Å². The van der Waals surface area contributed by atoms with Gasteiger partial charge in [-0.3, -0.25) is 4.68 Å². The molecule has 4 heterocycles. The molecule has 4 aromatic rings. The number of halogens is 3. The van der Waals surface area contributed by atoms with Gasteiger partial charge in [-0.15, -0.1) is 0 Å². The third-order valence-electron chi connectivity index (χ3n) is 4.09. The number of imidazole rings is 1. The quantitative estimate of drug-likeness (QED) is 0.335. The average molecular weight is 403 g/mol. The number of nitrogens with one attached hydrogen (secondary N) is 2. The fraction of sp³-hybridized carbons (Fsp3) is 0.176. The van der Waals surface area contributed by atoms with Crippen molar-refractivity contribution in [1.29, 1.82) is 0 Å². The van der Waals surface area contributed by atoms with Crippen LogP contribution >= 0.6 is 0 Å². The van der Waals surface area contributed by atoms with Crippen LogP contribution in [0.2, 0.25) is 0 Å². The smallest absolute Gasteiger partial charge is 0.363 e. The van der Waals surface area contributed by atoms with Gasteiger partial charge >= 0.3 is 6.18 Å². The second-order valence-electron chi connectivity index (χ2n) is 6.22. The second kappa shape index (κ2) is 7.39. The molecule has 0 aliphatic rings. The lowest BCUT2D eigenvalue weighted by molar-refractivity contribution is -0.142. The highest BCUT2D eigenvalue weighted by Crippen LogP contribution is 2.24. The number of pyridine rings is 1. The van der Waals surface area contributed by atoms with E-state index in [4.69, 9.17) is 5.84 Å². The second-order valence-corrected chi connectivity index (χ2v) is 6.22. The molecule has 0 aliphatic carbocycles. The monoisotopic (exact) mass is 403 g/mol. The molecule has 0 aliphatic heterocycles. The van der Waals surface area contributed by atoms with Gasteiger partial charge in [-0.1, -0.05) is 6.07 Å². The Morgan fingerprint density at radius 2 is 1.93 bits per heavy atom. The van der Waals surface area contributed by atoms with Crippen LogP contribution in [0, 0.1) is 0 Å². The topological polar surface area (TPSA) is 111 Å². The standard InChI is InChI=1S/C17H16F3N9/c18-17(19,20)10-29-9-12(6-25-29)13-7-24-16(27-21)15(26-13)23-5-11-1-2-14-22-3-4-28(14)8-11/h1-4,6-9H,5,10,21H2,(H,23,26)(H,24,27). The van der Waals surface area contributed by atoms with Crippen molar-refractivity contribution in [3.63, 3.8) is 0 Å². The molecular weight excluding hydrogens is 387 g/mol. The molecule has 4 rings (SSSR count). The van der Waals surface area contributed by atoms with E-state index >= 15 is 0 Å². The Morgan fingerprint density at radius 1 is 1.07 bits per heavy atom. The van der Waals surface area contributed by atoms with Crippen molar-refractivity contribution >= 4 is 17.3 Å². The van der Waals surface area contributed by atoms with Gasteiger partial charge < -0.3 is 15.1 Å². The third-order valence-corrected chi connectivity index (χ3v) is 4.09. The predicted octanol–water partition coefficient (Wildman–Crippen LogP) is 2.45. The lowest BCUT2D eigenvalue weighted by atomic mass is 10.2. The lowest BCUT2D eigenvalue weighted by Gasteiger charge is -2.11. The van der Waals surface area contributed by atoms with Gasteiger partial charge in [-0.25, -0.2) is 20.8 Å². The zero-order valence-electron chi connectivity index (χ0n) is 14.9. The van der Waals surface area contributed by atoms with Crippen LogP contribution in [0.15, 0.2) is 49.3 Å². The molecular formula is C17H16F3N9. The summed E-state index contributed by atoms with van der Waals surface area (Å²) in [5, 5.41) is 6.86. The Hall–Kier alpha value is -3.67. The first-order chi connectivity index (χ1) is 13.9. The van der Waals surface area contributed by atoms with E-state index in [-0.39, 0.29) is 0 Å². The number of aromatic nitrogens is 6. The molecule has 9 nitrogen and oxygen atoms in total. The summed E-state index contributed by atoms with van der Waals surface area (Å²) in [6, 6.07) is 3.81. The molecule has 0 amide bonds. The van der Waals surface area contributed by atoms with E-state index in [9.17, 15) is 13.2 Å². The first kappa shape index (κ1) is 18.7. The third kappa shape index (κ3) is 4.27. The first-order valence-corrected chi connectivity index (χ1v) is 8.50. The number of nitrogens with two attached hydrogens (primary N) is 1. The number of nitrogens with zero attached hydrogens (tertiary/aromatic N) is 6. The van der Waals surface area contributed by atoms with E-state index in [1.807, 2.05) is 28.9 Å². The minimum Gasteiger partial charge on any atom is -0.363 e. The summed E-state index contributed by atoms with van der Waals surface area (Å²) in [5.41, 5.74) is 5.02. The molecule has 29 heavy (non-hydrogen) atoms. The van der Waals surface area contributed by atoms with Gasteiger partial charge in [0.1, 0.15) is 12.2 Å². The molecule has 4 N–H and O–H groups in total. The molecule has 0 spiro atoms. The molecule has 0 unspecified atom stereocenters. The highest BCUT2D eigenvalue weighted by molar-refractivity contribution is 5.65. The van der Waals surface area contributed by atoms with Crippen LogP contribution in [0.25, 0.3) is 16.9 Å². The summed E-state index contributed by atoms with van der Waals surface area (Å²) in [6.45, 7) is -0.751.